The smallest absolute Gasteiger partial charge is 0.271 e. The molecular formula is C34H34ClN3O6. The highest BCUT2D eigenvalue weighted by atomic mass is 35.5. The molecule has 2 amide bonds. The summed E-state index contributed by atoms with van der Waals surface area (Å²) in [5.41, 5.74) is 6.12. The summed E-state index contributed by atoms with van der Waals surface area (Å²) in [4.78, 5) is 25.3. The number of hydrogen-bond acceptors (Lipinski definition) is 7. The zero-order chi connectivity index (χ0) is 31.3. The average molecular weight is 616 g/mol. The van der Waals surface area contributed by atoms with Gasteiger partial charge in [0, 0.05) is 11.3 Å². The number of halogens is 1. The van der Waals surface area contributed by atoms with Crippen LogP contribution in [-0.2, 0) is 11.4 Å². The first-order valence-corrected chi connectivity index (χ1v) is 14.5. The van der Waals surface area contributed by atoms with Crippen molar-refractivity contribution < 1.29 is 28.5 Å². The number of rotatable bonds is 14. The second kappa shape index (κ2) is 16.0. The van der Waals surface area contributed by atoms with E-state index in [0.717, 1.165) is 11.1 Å². The Labute approximate surface area is 261 Å². The first-order valence-electron chi connectivity index (χ1n) is 14.1. The van der Waals surface area contributed by atoms with E-state index in [1.54, 1.807) is 36.4 Å². The Kier molecular flexibility index (Phi) is 11.6. The van der Waals surface area contributed by atoms with Crippen LogP contribution in [0.25, 0.3) is 0 Å². The van der Waals surface area contributed by atoms with Crippen LogP contribution in [0.5, 0.6) is 23.0 Å². The molecule has 0 fully saturated rings. The van der Waals surface area contributed by atoms with Crippen LogP contribution in [0.4, 0.5) is 5.69 Å². The topological polar surface area (TPSA) is 107 Å². The van der Waals surface area contributed by atoms with E-state index in [4.69, 9.17) is 30.5 Å². The van der Waals surface area contributed by atoms with E-state index >= 15 is 0 Å². The summed E-state index contributed by atoms with van der Waals surface area (Å²) >= 11 is 6.49. The standard InChI is InChI=1S/C34H34ClN3O6/c1-4-41-30-19-26(14-15-29(30)43-21-24-11-7-6-8-12-24)34(40)38-36-20-25-17-28(35)33(31(18-25)42-5-2)44-22-32(39)37-27-13-9-10-23(3)16-27/h6-20H,4-5,21-22H2,1-3H3,(H,37,39)(H,38,40)/b36-20+. The van der Waals surface area contributed by atoms with Gasteiger partial charge in [-0.3, -0.25) is 9.59 Å². The highest BCUT2D eigenvalue weighted by molar-refractivity contribution is 6.32. The predicted octanol–water partition coefficient (Wildman–Crippen LogP) is 6.81. The molecule has 2 N–H and O–H groups in total. The Balaban J connectivity index is 1.39. The number of ether oxygens (including phenoxy) is 4. The molecule has 4 aromatic rings. The summed E-state index contributed by atoms with van der Waals surface area (Å²) in [5.74, 6) is 0.772. The zero-order valence-electron chi connectivity index (χ0n) is 24.8. The van der Waals surface area contributed by atoms with Crippen LogP contribution in [0.1, 0.15) is 40.9 Å². The highest BCUT2D eigenvalue weighted by Crippen LogP contribution is 2.36. The summed E-state index contributed by atoms with van der Waals surface area (Å²) < 4.78 is 23.0. The van der Waals surface area contributed by atoms with Gasteiger partial charge in [0.1, 0.15) is 6.61 Å². The minimum Gasteiger partial charge on any atom is -0.490 e. The number of hydrogen-bond donors (Lipinski definition) is 2. The summed E-state index contributed by atoms with van der Waals surface area (Å²) in [6.07, 6.45) is 1.43. The van der Waals surface area contributed by atoms with Gasteiger partial charge in [-0.15, -0.1) is 0 Å². The molecule has 4 aromatic carbocycles. The van der Waals surface area contributed by atoms with E-state index in [2.05, 4.69) is 15.8 Å². The van der Waals surface area contributed by atoms with Gasteiger partial charge in [0.15, 0.2) is 29.6 Å². The van der Waals surface area contributed by atoms with Crippen molar-refractivity contribution in [2.75, 3.05) is 25.1 Å². The van der Waals surface area contributed by atoms with E-state index < -0.39 is 5.91 Å². The quantitative estimate of drug-likeness (QED) is 0.119. The third-order valence-corrected chi connectivity index (χ3v) is 6.38. The molecule has 10 heteroatoms. The molecule has 0 radical (unpaired) electrons. The molecule has 0 unspecified atom stereocenters. The van der Waals surface area contributed by atoms with Crippen molar-refractivity contribution >= 4 is 35.3 Å². The second-order valence-corrected chi connectivity index (χ2v) is 9.94. The summed E-state index contributed by atoms with van der Waals surface area (Å²) in [5, 5.41) is 7.09. The molecule has 0 saturated heterocycles. The fraction of sp³-hybridized carbons (Fsp3) is 0.206. The van der Waals surface area contributed by atoms with Crippen molar-refractivity contribution in [3.8, 4) is 23.0 Å². The second-order valence-electron chi connectivity index (χ2n) is 9.54. The van der Waals surface area contributed by atoms with Crippen molar-refractivity contribution in [2.24, 2.45) is 5.10 Å². The first-order chi connectivity index (χ1) is 21.4. The average Bonchev–Trinajstić information content (AvgIpc) is 3.01. The number of benzene rings is 4. The van der Waals surface area contributed by atoms with Crippen LogP contribution < -0.4 is 29.7 Å². The number of carbonyl (C=O) groups is 2. The molecule has 0 aliphatic heterocycles. The lowest BCUT2D eigenvalue weighted by Gasteiger charge is -2.14. The van der Waals surface area contributed by atoms with E-state index in [-0.39, 0.29) is 23.3 Å². The fourth-order valence-corrected chi connectivity index (χ4v) is 4.40. The van der Waals surface area contributed by atoms with Crippen molar-refractivity contribution in [2.45, 2.75) is 27.4 Å². The van der Waals surface area contributed by atoms with Crippen LogP contribution in [0.2, 0.25) is 5.02 Å². The van der Waals surface area contributed by atoms with E-state index in [1.165, 1.54) is 6.21 Å². The van der Waals surface area contributed by atoms with Crippen molar-refractivity contribution in [1.29, 1.82) is 0 Å². The molecule has 0 aliphatic rings. The van der Waals surface area contributed by atoms with Crippen LogP contribution in [0, 0.1) is 6.92 Å². The van der Waals surface area contributed by atoms with E-state index in [9.17, 15) is 9.59 Å². The van der Waals surface area contributed by atoms with Gasteiger partial charge in [-0.1, -0.05) is 54.1 Å². The van der Waals surface area contributed by atoms with Gasteiger partial charge in [-0.25, -0.2) is 5.43 Å². The molecule has 0 aromatic heterocycles. The van der Waals surface area contributed by atoms with Gasteiger partial charge in [0.05, 0.1) is 24.5 Å². The van der Waals surface area contributed by atoms with Crippen molar-refractivity contribution in [3.05, 3.63) is 112 Å². The molecule has 44 heavy (non-hydrogen) atoms. The number of anilines is 1. The Morgan fingerprint density at radius 1 is 0.818 bits per heavy atom. The minimum atomic E-state index is -0.437. The summed E-state index contributed by atoms with van der Waals surface area (Å²) in [6.45, 7) is 6.46. The number of nitrogens with zero attached hydrogens (tertiary/aromatic N) is 1. The van der Waals surface area contributed by atoms with Gasteiger partial charge in [0.25, 0.3) is 11.8 Å². The fourth-order valence-electron chi connectivity index (χ4n) is 4.13. The highest BCUT2D eigenvalue weighted by Gasteiger charge is 2.15. The molecule has 0 bridgehead atoms. The van der Waals surface area contributed by atoms with Crippen LogP contribution >= 0.6 is 11.6 Å². The maximum absolute atomic E-state index is 12.8. The Hall–Kier alpha value is -5.02. The van der Waals surface area contributed by atoms with Gasteiger partial charge in [-0.05, 0) is 79.9 Å². The minimum absolute atomic E-state index is 0.222. The van der Waals surface area contributed by atoms with Crippen molar-refractivity contribution in [1.82, 2.24) is 5.43 Å². The Bertz CT molecular complexity index is 1610. The maximum Gasteiger partial charge on any atom is 0.271 e. The lowest BCUT2D eigenvalue weighted by Crippen LogP contribution is -2.20. The maximum atomic E-state index is 12.8. The number of aryl methyl sites for hydroxylation is 1. The van der Waals surface area contributed by atoms with Gasteiger partial charge >= 0.3 is 0 Å². The third kappa shape index (κ3) is 9.24. The first kappa shape index (κ1) is 31.9. The number of hydrazone groups is 1. The van der Waals surface area contributed by atoms with Crippen LogP contribution in [0.3, 0.4) is 0 Å². The van der Waals surface area contributed by atoms with Crippen LogP contribution in [-0.4, -0.2) is 37.8 Å². The molecule has 0 saturated carbocycles. The lowest BCUT2D eigenvalue weighted by atomic mass is 10.2. The van der Waals surface area contributed by atoms with Crippen molar-refractivity contribution in [3.63, 3.8) is 0 Å². The summed E-state index contributed by atoms with van der Waals surface area (Å²) in [6, 6.07) is 25.4. The molecule has 0 heterocycles. The molecule has 0 aliphatic carbocycles. The van der Waals surface area contributed by atoms with Crippen LogP contribution in [0.15, 0.2) is 90.0 Å². The Morgan fingerprint density at radius 3 is 2.34 bits per heavy atom. The Morgan fingerprint density at radius 2 is 1.59 bits per heavy atom. The van der Waals surface area contributed by atoms with Gasteiger partial charge < -0.3 is 24.3 Å². The monoisotopic (exact) mass is 615 g/mol. The zero-order valence-corrected chi connectivity index (χ0v) is 25.5. The molecule has 0 atom stereocenters. The molecule has 4 rings (SSSR count). The third-order valence-electron chi connectivity index (χ3n) is 6.10. The predicted molar refractivity (Wildman–Crippen MR) is 171 cm³/mol. The summed E-state index contributed by atoms with van der Waals surface area (Å²) in [7, 11) is 0. The molecule has 0 spiro atoms. The number of amides is 2. The SMILES string of the molecule is CCOc1cc(C(=O)N/N=C/c2cc(Cl)c(OCC(=O)Nc3cccc(C)c3)c(OCC)c2)ccc1OCc1ccccc1. The van der Waals surface area contributed by atoms with Gasteiger partial charge in [0.2, 0.25) is 0 Å². The van der Waals surface area contributed by atoms with Gasteiger partial charge in [-0.2, -0.15) is 5.10 Å². The molecular weight excluding hydrogens is 582 g/mol. The molecule has 9 nitrogen and oxygen atoms in total. The number of carbonyl (C=O) groups excluding carboxylic acids is 2. The number of nitrogens with one attached hydrogen (secondary N) is 2. The largest absolute Gasteiger partial charge is 0.490 e. The molecule has 228 valence electrons. The van der Waals surface area contributed by atoms with E-state index in [1.807, 2.05) is 69.3 Å². The normalized spacial score (nSPS) is 10.7. The van der Waals surface area contributed by atoms with E-state index in [0.29, 0.717) is 53.9 Å². The lowest BCUT2D eigenvalue weighted by molar-refractivity contribution is -0.118.